The first-order valence-corrected chi connectivity index (χ1v) is 6.36. The van der Waals surface area contributed by atoms with Gasteiger partial charge in [0.15, 0.2) is 0 Å². The second-order valence-electron chi connectivity index (χ2n) is 4.67. The molecule has 2 amide bonds. The highest BCUT2D eigenvalue weighted by atomic mass is 16.2. The van der Waals surface area contributed by atoms with Crippen LogP contribution in [-0.4, -0.2) is 71.6 Å². The summed E-state index contributed by atoms with van der Waals surface area (Å²) in [5.41, 5.74) is -0.300. The lowest BCUT2D eigenvalue weighted by Gasteiger charge is -2.32. The third-order valence-corrected chi connectivity index (χ3v) is 3.17. The van der Waals surface area contributed by atoms with E-state index < -0.39 is 5.91 Å². The fourth-order valence-corrected chi connectivity index (χ4v) is 1.89. The van der Waals surface area contributed by atoms with E-state index in [1.165, 1.54) is 12.1 Å². The highest BCUT2D eigenvalue weighted by Crippen LogP contribution is 1.99. The molecule has 1 aromatic rings. The van der Waals surface area contributed by atoms with E-state index in [2.05, 4.69) is 20.4 Å². The summed E-state index contributed by atoms with van der Waals surface area (Å²) in [6.07, 6.45) is 0. The van der Waals surface area contributed by atoms with Gasteiger partial charge in [0.25, 0.3) is 11.5 Å². The summed E-state index contributed by atoms with van der Waals surface area (Å²) in [4.78, 5) is 38.3. The van der Waals surface area contributed by atoms with Gasteiger partial charge in [-0.1, -0.05) is 0 Å². The van der Waals surface area contributed by atoms with Crippen LogP contribution in [0.1, 0.15) is 10.5 Å². The number of carbonyl (C=O) groups is 2. The van der Waals surface area contributed by atoms with E-state index >= 15 is 0 Å². The van der Waals surface area contributed by atoms with Gasteiger partial charge in [0.2, 0.25) is 5.91 Å². The number of carbonyl (C=O) groups excluding carboxylic acids is 2. The lowest BCUT2D eigenvalue weighted by Crippen LogP contribution is -2.50. The standard InChI is InChI=1S/C12H17N5O3/c1-16-4-6-17(7-5-16)11(19)8-13-12(20)9-2-3-10(18)15-14-9/h2-3H,4-8H2,1H3,(H,13,20)(H,15,18). The number of aromatic amines is 1. The monoisotopic (exact) mass is 279 g/mol. The average Bonchev–Trinajstić information content (AvgIpc) is 2.46. The van der Waals surface area contributed by atoms with Gasteiger partial charge in [-0.2, -0.15) is 5.10 Å². The zero-order chi connectivity index (χ0) is 14.5. The van der Waals surface area contributed by atoms with E-state index in [9.17, 15) is 14.4 Å². The second kappa shape index (κ2) is 6.29. The molecule has 0 unspecified atom stereocenters. The van der Waals surface area contributed by atoms with Gasteiger partial charge < -0.3 is 15.1 Å². The van der Waals surface area contributed by atoms with Crippen molar-refractivity contribution in [2.45, 2.75) is 0 Å². The second-order valence-corrected chi connectivity index (χ2v) is 4.67. The quantitative estimate of drug-likeness (QED) is 0.685. The molecule has 0 aliphatic carbocycles. The van der Waals surface area contributed by atoms with Crippen molar-refractivity contribution in [2.75, 3.05) is 39.8 Å². The maximum atomic E-state index is 11.9. The molecule has 0 atom stereocenters. The molecule has 2 N–H and O–H groups in total. The highest BCUT2D eigenvalue weighted by molar-refractivity contribution is 5.94. The Kier molecular flexibility index (Phi) is 4.46. The summed E-state index contributed by atoms with van der Waals surface area (Å²) >= 11 is 0. The lowest BCUT2D eigenvalue weighted by atomic mass is 10.3. The molecule has 1 aromatic heterocycles. The Morgan fingerprint density at radius 2 is 2.00 bits per heavy atom. The zero-order valence-corrected chi connectivity index (χ0v) is 11.3. The molecule has 1 aliphatic rings. The number of piperazine rings is 1. The molecule has 2 heterocycles. The first kappa shape index (κ1) is 14.2. The number of nitrogens with zero attached hydrogens (tertiary/aromatic N) is 3. The van der Waals surface area contributed by atoms with Crippen LogP contribution in [0.4, 0.5) is 0 Å². The van der Waals surface area contributed by atoms with Gasteiger partial charge in [0.1, 0.15) is 5.69 Å². The molecule has 1 fully saturated rings. The van der Waals surface area contributed by atoms with Crippen molar-refractivity contribution >= 4 is 11.8 Å². The summed E-state index contributed by atoms with van der Waals surface area (Å²) in [6, 6.07) is 2.53. The number of aromatic nitrogens is 2. The van der Waals surface area contributed by atoms with Crippen LogP contribution in [0.3, 0.4) is 0 Å². The summed E-state index contributed by atoms with van der Waals surface area (Å²) in [5, 5.41) is 8.27. The Bertz CT molecular complexity index is 528. The average molecular weight is 279 g/mol. The Morgan fingerprint density at radius 3 is 2.60 bits per heavy atom. The molecule has 108 valence electrons. The molecule has 0 saturated carbocycles. The molecular formula is C12H17N5O3. The van der Waals surface area contributed by atoms with E-state index in [1.807, 2.05) is 7.05 Å². The zero-order valence-electron chi connectivity index (χ0n) is 11.3. The van der Waals surface area contributed by atoms with Gasteiger partial charge in [-0.25, -0.2) is 5.10 Å². The molecule has 1 aliphatic heterocycles. The summed E-state index contributed by atoms with van der Waals surface area (Å²) < 4.78 is 0. The SMILES string of the molecule is CN1CCN(C(=O)CNC(=O)c2ccc(=O)[nH]n2)CC1. The van der Waals surface area contributed by atoms with Crippen LogP contribution in [0, 0.1) is 0 Å². The Morgan fingerprint density at radius 1 is 1.30 bits per heavy atom. The smallest absolute Gasteiger partial charge is 0.272 e. The first-order valence-electron chi connectivity index (χ1n) is 6.36. The first-order chi connectivity index (χ1) is 9.56. The van der Waals surface area contributed by atoms with Gasteiger partial charge >= 0.3 is 0 Å². The van der Waals surface area contributed by atoms with E-state index in [0.717, 1.165) is 13.1 Å². The van der Waals surface area contributed by atoms with Crippen molar-refractivity contribution in [3.8, 4) is 0 Å². The van der Waals surface area contributed by atoms with Gasteiger partial charge in [-0.3, -0.25) is 14.4 Å². The molecule has 0 aromatic carbocycles. The van der Waals surface area contributed by atoms with Gasteiger partial charge in [-0.15, -0.1) is 0 Å². The predicted octanol–water partition coefficient (Wildman–Crippen LogP) is -1.73. The van der Waals surface area contributed by atoms with Gasteiger partial charge in [-0.05, 0) is 13.1 Å². The third-order valence-electron chi connectivity index (χ3n) is 3.17. The number of likely N-dealkylation sites (N-methyl/N-ethyl adjacent to an activating group) is 1. The number of hydrogen-bond donors (Lipinski definition) is 2. The topological polar surface area (TPSA) is 98.4 Å². The summed E-state index contributed by atoms with van der Waals surface area (Å²) in [7, 11) is 2.01. The molecule has 0 radical (unpaired) electrons. The number of hydrogen-bond acceptors (Lipinski definition) is 5. The van der Waals surface area contributed by atoms with Crippen LogP contribution in [0.25, 0.3) is 0 Å². The highest BCUT2D eigenvalue weighted by Gasteiger charge is 2.19. The van der Waals surface area contributed by atoms with Crippen LogP contribution >= 0.6 is 0 Å². The minimum absolute atomic E-state index is 0.0661. The summed E-state index contributed by atoms with van der Waals surface area (Å²) in [6.45, 7) is 2.94. The van der Waals surface area contributed by atoms with E-state index in [0.29, 0.717) is 13.1 Å². The van der Waals surface area contributed by atoms with E-state index in [4.69, 9.17) is 0 Å². The van der Waals surface area contributed by atoms with Crippen LogP contribution in [0.5, 0.6) is 0 Å². The fraction of sp³-hybridized carbons (Fsp3) is 0.500. The molecule has 0 spiro atoms. The van der Waals surface area contributed by atoms with Crippen molar-refractivity contribution in [3.63, 3.8) is 0 Å². The fourth-order valence-electron chi connectivity index (χ4n) is 1.89. The molecule has 8 nitrogen and oxygen atoms in total. The molecule has 20 heavy (non-hydrogen) atoms. The normalized spacial score (nSPS) is 15.9. The van der Waals surface area contributed by atoms with Crippen molar-refractivity contribution < 1.29 is 9.59 Å². The maximum absolute atomic E-state index is 11.9. The minimum Gasteiger partial charge on any atom is -0.342 e. The molecule has 0 bridgehead atoms. The molecule has 8 heteroatoms. The van der Waals surface area contributed by atoms with Crippen molar-refractivity contribution in [1.29, 1.82) is 0 Å². The summed E-state index contributed by atoms with van der Waals surface area (Å²) in [5.74, 6) is -0.598. The lowest BCUT2D eigenvalue weighted by molar-refractivity contribution is -0.131. The van der Waals surface area contributed by atoms with Crippen molar-refractivity contribution in [3.05, 3.63) is 28.2 Å². The Hall–Kier alpha value is -2.22. The molecule has 1 saturated heterocycles. The van der Waals surface area contributed by atoms with Crippen LogP contribution in [-0.2, 0) is 4.79 Å². The minimum atomic E-state index is -0.483. The maximum Gasteiger partial charge on any atom is 0.272 e. The molecule has 2 rings (SSSR count). The van der Waals surface area contributed by atoms with Crippen LogP contribution in [0.2, 0.25) is 0 Å². The van der Waals surface area contributed by atoms with Crippen molar-refractivity contribution in [1.82, 2.24) is 25.3 Å². The van der Waals surface area contributed by atoms with Gasteiger partial charge in [0, 0.05) is 32.2 Å². The van der Waals surface area contributed by atoms with Crippen molar-refractivity contribution in [2.24, 2.45) is 0 Å². The molecular weight excluding hydrogens is 262 g/mol. The number of H-pyrrole nitrogens is 1. The largest absolute Gasteiger partial charge is 0.342 e. The van der Waals surface area contributed by atoms with Gasteiger partial charge in [0.05, 0.1) is 6.54 Å². The number of nitrogens with one attached hydrogen (secondary N) is 2. The number of rotatable bonds is 3. The Labute approximate surface area is 115 Å². The number of amides is 2. The van der Waals surface area contributed by atoms with Crippen LogP contribution in [0.15, 0.2) is 16.9 Å². The Balaban J connectivity index is 1.82. The van der Waals surface area contributed by atoms with E-state index in [-0.39, 0.29) is 23.7 Å². The predicted molar refractivity (Wildman–Crippen MR) is 71.3 cm³/mol. The van der Waals surface area contributed by atoms with Crippen LogP contribution < -0.4 is 10.9 Å². The third kappa shape index (κ3) is 3.64. The van der Waals surface area contributed by atoms with E-state index in [1.54, 1.807) is 4.90 Å².